The number of ether oxygens (including phenoxy) is 2. The van der Waals surface area contributed by atoms with Crippen LogP contribution in [0.25, 0.3) is 11.3 Å². The number of pyridine rings is 2. The van der Waals surface area contributed by atoms with Gasteiger partial charge >= 0.3 is 0 Å². The molecule has 2 aromatic rings. The lowest BCUT2D eigenvalue weighted by Gasteiger charge is -2.36. The molecule has 2 N–H and O–H groups in total. The van der Waals surface area contributed by atoms with Crippen molar-refractivity contribution in [1.29, 1.82) is 0 Å². The molecule has 178 valence electrons. The summed E-state index contributed by atoms with van der Waals surface area (Å²) in [6, 6.07) is 4.69. The van der Waals surface area contributed by atoms with Gasteiger partial charge in [-0.05, 0) is 51.4 Å². The summed E-state index contributed by atoms with van der Waals surface area (Å²) in [5.74, 6) is -0.191. The summed E-state index contributed by atoms with van der Waals surface area (Å²) < 4.78 is 26.0. The number of carbonyl (C=O) groups is 1. The molecule has 0 amide bonds. The fourth-order valence-electron chi connectivity index (χ4n) is 4.21. The predicted octanol–water partition coefficient (Wildman–Crippen LogP) is 3.65. The molecule has 2 aliphatic rings. The second-order valence-electron chi connectivity index (χ2n) is 9.26. The minimum atomic E-state index is -0.472. The van der Waals surface area contributed by atoms with E-state index in [-0.39, 0.29) is 35.6 Å². The van der Waals surface area contributed by atoms with E-state index in [0.29, 0.717) is 48.3 Å². The molecule has 2 aliphatic heterocycles. The highest BCUT2D eigenvalue weighted by molar-refractivity contribution is 6.33. The zero-order valence-corrected chi connectivity index (χ0v) is 19.8. The lowest BCUT2D eigenvalue weighted by molar-refractivity contribution is -0.177. The Balaban J connectivity index is 1.48. The Morgan fingerprint density at radius 3 is 3.00 bits per heavy atom. The van der Waals surface area contributed by atoms with Crippen LogP contribution in [0.3, 0.4) is 0 Å². The largest absolute Gasteiger partial charge is 0.376 e. The Labute approximate surface area is 198 Å². The number of Topliss-reactive ketones (excluding diaryl/α,β-unsaturated/α-hetero) is 1. The van der Waals surface area contributed by atoms with E-state index in [9.17, 15) is 9.18 Å². The first-order valence-corrected chi connectivity index (χ1v) is 11.7. The minimum absolute atomic E-state index is 0.00962. The molecule has 0 aromatic carbocycles. The zero-order chi connectivity index (χ0) is 23.4. The molecular weight excluding hydrogens is 447 g/mol. The average molecular weight is 477 g/mol. The molecular formula is C24H30ClFN4O3. The Bertz CT molecular complexity index is 998. The van der Waals surface area contributed by atoms with Crippen molar-refractivity contribution >= 4 is 23.2 Å². The predicted molar refractivity (Wildman–Crippen MR) is 125 cm³/mol. The first-order chi connectivity index (χ1) is 15.8. The van der Waals surface area contributed by atoms with E-state index < -0.39 is 5.82 Å². The van der Waals surface area contributed by atoms with Gasteiger partial charge in [0.25, 0.3) is 0 Å². The van der Waals surface area contributed by atoms with Crippen LogP contribution in [0.1, 0.15) is 32.4 Å². The maximum atomic E-state index is 14.5. The van der Waals surface area contributed by atoms with Gasteiger partial charge in [-0.15, -0.1) is 0 Å². The van der Waals surface area contributed by atoms with E-state index in [4.69, 9.17) is 21.1 Å². The van der Waals surface area contributed by atoms with Crippen molar-refractivity contribution in [2.45, 2.75) is 44.8 Å². The van der Waals surface area contributed by atoms with Crippen LogP contribution in [0.5, 0.6) is 0 Å². The van der Waals surface area contributed by atoms with Crippen LogP contribution in [0, 0.1) is 11.7 Å². The number of piperidine rings is 1. The lowest BCUT2D eigenvalue weighted by Crippen LogP contribution is -2.45. The summed E-state index contributed by atoms with van der Waals surface area (Å²) in [5, 5.41) is 6.69. The van der Waals surface area contributed by atoms with Crippen molar-refractivity contribution in [1.82, 2.24) is 15.3 Å². The summed E-state index contributed by atoms with van der Waals surface area (Å²) in [6.07, 6.45) is 3.44. The fourth-order valence-corrected chi connectivity index (χ4v) is 4.41. The summed E-state index contributed by atoms with van der Waals surface area (Å²) in [4.78, 5) is 21.4. The van der Waals surface area contributed by atoms with Gasteiger partial charge in [0, 0.05) is 42.9 Å². The van der Waals surface area contributed by atoms with E-state index in [0.717, 1.165) is 19.4 Å². The van der Waals surface area contributed by atoms with Crippen molar-refractivity contribution in [3.05, 3.63) is 40.9 Å². The van der Waals surface area contributed by atoms with Gasteiger partial charge in [0.2, 0.25) is 0 Å². The van der Waals surface area contributed by atoms with Crippen molar-refractivity contribution < 1.29 is 18.7 Å². The third-order valence-corrected chi connectivity index (χ3v) is 6.18. The number of carbonyl (C=O) groups excluding carboxylic acids is 1. The zero-order valence-electron chi connectivity index (χ0n) is 19.0. The molecule has 33 heavy (non-hydrogen) atoms. The van der Waals surface area contributed by atoms with E-state index in [2.05, 4.69) is 20.6 Å². The molecule has 2 aromatic heterocycles. The third-order valence-electron chi connectivity index (χ3n) is 5.88. The Hall–Kier alpha value is -2.13. The Morgan fingerprint density at radius 1 is 1.39 bits per heavy atom. The molecule has 0 radical (unpaired) electrons. The number of rotatable bonds is 7. The number of anilines is 1. The van der Waals surface area contributed by atoms with Gasteiger partial charge in [-0.3, -0.25) is 9.78 Å². The third kappa shape index (κ3) is 6.26. The molecule has 0 saturated carbocycles. The lowest BCUT2D eigenvalue weighted by atomic mass is 9.92. The second-order valence-corrected chi connectivity index (χ2v) is 9.67. The number of hydrogen-bond acceptors (Lipinski definition) is 7. The van der Waals surface area contributed by atoms with Gasteiger partial charge in [-0.1, -0.05) is 11.6 Å². The van der Waals surface area contributed by atoms with Crippen LogP contribution >= 0.6 is 11.6 Å². The van der Waals surface area contributed by atoms with Crippen molar-refractivity contribution in [3.8, 4) is 11.3 Å². The normalized spacial score (nSPS) is 22.7. The first kappa shape index (κ1) is 24.0. The topological polar surface area (TPSA) is 85.4 Å². The summed E-state index contributed by atoms with van der Waals surface area (Å²) in [7, 11) is 0. The number of halogens is 2. The number of nitrogens with zero attached hydrogens (tertiary/aromatic N) is 2. The molecule has 0 aliphatic carbocycles. The highest BCUT2D eigenvalue weighted by Crippen LogP contribution is 2.29. The summed E-state index contributed by atoms with van der Waals surface area (Å²) in [6.45, 7) is 6.89. The second kappa shape index (κ2) is 10.4. The van der Waals surface area contributed by atoms with Crippen LogP contribution in [0.15, 0.2) is 24.4 Å². The molecule has 4 rings (SSSR count). The summed E-state index contributed by atoms with van der Waals surface area (Å²) in [5.41, 5.74) is 1.35. The SMILES string of the molecule is CC1(C)COC[C@H](CNc2nc(-c3cc(CC(=O)[C@@H]4CCCNC4)ncc3Cl)ccc2F)O1. The Kier molecular flexibility index (Phi) is 7.58. The van der Waals surface area contributed by atoms with Crippen LogP contribution in [-0.4, -0.2) is 60.3 Å². The molecule has 2 saturated heterocycles. The van der Waals surface area contributed by atoms with Crippen LogP contribution in [0.2, 0.25) is 5.02 Å². The van der Waals surface area contributed by atoms with E-state index in [1.165, 1.54) is 12.3 Å². The van der Waals surface area contributed by atoms with Gasteiger partial charge in [0.1, 0.15) is 5.78 Å². The standard InChI is InChI=1S/C24H30ClFN4O3/c1-24(2)14-32-13-17(33-24)11-29-23-20(26)5-6-21(30-23)18-8-16(28-12-19(18)25)9-22(31)15-4-3-7-27-10-15/h5-6,8,12,15,17,27H,3-4,7,9-11,13-14H2,1-2H3,(H,29,30)/t15-,17+/m1/s1. The molecule has 7 nitrogen and oxygen atoms in total. The molecule has 0 bridgehead atoms. The maximum absolute atomic E-state index is 14.5. The number of hydrogen-bond donors (Lipinski definition) is 2. The highest BCUT2D eigenvalue weighted by Gasteiger charge is 2.29. The van der Waals surface area contributed by atoms with Gasteiger partial charge in [0.15, 0.2) is 11.6 Å². The molecule has 4 heterocycles. The fraction of sp³-hybridized carbons (Fsp3) is 0.542. The van der Waals surface area contributed by atoms with Crippen LogP contribution in [-0.2, 0) is 20.7 Å². The minimum Gasteiger partial charge on any atom is -0.376 e. The van der Waals surface area contributed by atoms with E-state index in [1.54, 1.807) is 12.1 Å². The highest BCUT2D eigenvalue weighted by atomic mass is 35.5. The average Bonchev–Trinajstić information content (AvgIpc) is 2.80. The van der Waals surface area contributed by atoms with Crippen molar-refractivity contribution in [2.24, 2.45) is 5.92 Å². The number of aromatic nitrogens is 2. The number of ketones is 1. The molecule has 9 heteroatoms. The van der Waals surface area contributed by atoms with E-state index >= 15 is 0 Å². The molecule has 2 fully saturated rings. The maximum Gasteiger partial charge on any atom is 0.165 e. The van der Waals surface area contributed by atoms with Crippen molar-refractivity contribution in [2.75, 3.05) is 38.2 Å². The van der Waals surface area contributed by atoms with Crippen LogP contribution < -0.4 is 10.6 Å². The van der Waals surface area contributed by atoms with Gasteiger partial charge in [-0.25, -0.2) is 9.37 Å². The smallest absolute Gasteiger partial charge is 0.165 e. The first-order valence-electron chi connectivity index (χ1n) is 11.3. The number of nitrogens with one attached hydrogen (secondary N) is 2. The summed E-state index contributed by atoms with van der Waals surface area (Å²) >= 11 is 6.39. The van der Waals surface area contributed by atoms with Crippen LogP contribution in [0.4, 0.5) is 10.2 Å². The molecule has 2 atom stereocenters. The monoisotopic (exact) mass is 476 g/mol. The van der Waals surface area contributed by atoms with Gasteiger partial charge in [-0.2, -0.15) is 0 Å². The Morgan fingerprint density at radius 2 is 2.24 bits per heavy atom. The molecule has 0 spiro atoms. The van der Waals surface area contributed by atoms with E-state index in [1.807, 2.05) is 13.8 Å². The molecule has 0 unspecified atom stereocenters. The quantitative estimate of drug-likeness (QED) is 0.630. The van der Waals surface area contributed by atoms with Gasteiger partial charge < -0.3 is 20.1 Å². The van der Waals surface area contributed by atoms with Crippen molar-refractivity contribution in [3.63, 3.8) is 0 Å². The van der Waals surface area contributed by atoms with Gasteiger partial charge in [0.05, 0.1) is 35.6 Å².